The van der Waals surface area contributed by atoms with Crippen LogP contribution in [0.3, 0.4) is 0 Å². The fourth-order valence-electron chi connectivity index (χ4n) is 2.60. The fourth-order valence-corrected chi connectivity index (χ4v) is 2.86. The van der Waals surface area contributed by atoms with Gasteiger partial charge in [-0.1, -0.05) is 40.9 Å². The van der Waals surface area contributed by atoms with Gasteiger partial charge in [0.1, 0.15) is 0 Å². The minimum absolute atomic E-state index is 0.284. The highest BCUT2D eigenvalue weighted by Crippen LogP contribution is 2.37. The molecule has 2 heteroatoms. The summed E-state index contributed by atoms with van der Waals surface area (Å²) in [6.45, 7) is 0.284. The maximum Gasteiger partial charge on any atom is 0.0502 e. The Bertz CT molecular complexity index is 301. The molecule has 0 saturated heterocycles. The Morgan fingerprint density at radius 2 is 1.80 bits per heavy atom. The third kappa shape index (κ3) is 2.61. The van der Waals surface area contributed by atoms with Crippen molar-refractivity contribution in [2.75, 3.05) is 6.61 Å². The average Bonchev–Trinajstić information content (AvgIpc) is 2.75. The van der Waals surface area contributed by atoms with Gasteiger partial charge in [0.2, 0.25) is 0 Å². The van der Waals surface area contributed by atoms with Gasteiger partial charge in [0.05, 0.1) is 6.61 Å². The summed E-state index contributed by atoms with van der Waals surface area (Å²) in [4.78, 5) is 0. The fraction of sp³-hybridized carbons (Fsp3) is 0.538. The summed E-state index contributed by atoms with van der Waals surface area (Å²) in [5, 5.41) is 9.50. The van der Waals surface area contributed by atoms with Crippen molar-refractivity contribution in [3.63, 3.8) is 0 Å². The molecule has 0 bridgehead atoms. The number of halogens is 1. The van der Waals surface area contributed by atoms with Crippen LogP contribution in [0.5, 0.6) is 0 Å². The van der Waals surface area contributed by atoms with Crippen molar-refractivity contribution in [2.45, 2.75) is 31.6 Å². The first-order valence-corrected chi connectivity index (χ1v) is 6.47. The van der Waals surface area contributed by atoms with E-state index in [0.717, 1.165) is 4.47 Å². The monoisotopic (exact) mass is 268 g/mol. The molecule has 0 aromatic heterocycles. The molecule has 0 amide bonds. The summed E-state index contributed by atoms with van der Waals surface area (Å²) < 4.78 is 1.11. The Labute approximate surface area is 99.6 Å². The molecule has 1 atom stereocenters. The van der Waals surface area contributed by atoms with Gasteiger partial charge in [-0.3, -0.25) is 0 Å². The second kappa shape index (κ2) is 5.13. The predicted octanol–water partition coefficient (Wildman–Crippen LogP) is 3.72. The van der Waals surface area contributed by atoms with Crippen molar-refractivity contribution >= 4 is 15.9 Å². The van der Waals surface area contributed by atoms with Gasteiger partial charge in [-0.05, 0) is 36.5 Å². The van der Waals surface area contributed by atoms with E-state index in [1.807, 2.05) is 0 Å². The summed E-state index contributed by atoms with van der Waals surface area (Å²) in [7, 11) is 0. The minimum Gasteiger partial charge on any atom is -0.396 e. The zero-order valence-corrected chi connectivity index (χ0v) is 10.4. The second-order valence-corrected chi connectivity index (χ2v) is 5.30. The molecule has 1 aliphatic rings. The molecule has 1 nitrogen and oxygen atoms in total. The van der Waals surface area contributed by atoms with E-state index in [1.165, 1.54) is 31.2 Å². The molecule has 1 unspecified atom stereocenters. The topological polar surface area (TPSA) is 20.2 Å². The third-order valence-corrected chi connectivity index (χ3v) is 3.99. The maximum atomic E-state index is 9.50. The first-order valence-electron chi connectivity index (χ1n) is 5.67. The molecule has 1 aromatic rings. The van der Waals surface area contributed by atoms with E-state index >= 15 is 0 Å². The van der Waals surface area contributed by atoms with Gasteiger partial charge in [-0.2, -0.15) is 0 Å². The van der Waals surface area contributed by atoms with Gasteiger partial charge < -0.3 is 5.11 Å². The predicted molar refractivity (Wildman–Crippen MR) is 65.9 cm³/mol. The highest BCUT2D eigenvalue weighted by Gasteiger charge is 2.25. The van der Waals surface area contributed by atoms with Gasteiger partial charge in [0.15, 0.2) is 0 Å². The van der Waals surface area contributed by atoms with Gasteiger partial charge in [-0.25, -0.2) is 0 Å². The van der Waals surface area contributed by atoms with E-state index in [4.69, 9.17) is 0 Å². The Hall–Kier alpha value is -0.340. The molecule has 1 N–H and O–H groups in total. The molecule has 2 rings (SSSR count). The zero-order chi connectivity index (χ0) is 10.7. The Morgan fingerprint density at radius 1 is 1.20 bits per heavy atom. The first kappa shape index (κ1) is 11.2. The molecular weight excluding hydrogens is 252 g/mol. The smallest absolute Gasteiger partial charge is 0.0502 e. The minimum atomic E-state index is 0.284. The van der Waals surface area contributed by atoms with E-state index in [-0.39, 0.29) is 6.61 Å². The van der Waals surface area contributed by atoms with Crippen LogP contribution in [0.4, 0.5) is 0 Å². The number of aliphatic hydroxyl groups excluding tert-OH is 1. The molecule has 1 saturated carbocycles. The SMILES string of the molecule is OCC(c1ccc(Br)cc1)C1CCCC1. The van der Waals surface area contributed by atoms with Crippen molar-refractivity contribution in [3.05, 3.63) is 34.3 Å². The van der Waals surface area contributed by atoms with Crippen LogP contribution in [-0.4, -0.2) is 11.7 Å². The molecule has 1 fully saturated rings. The van der Waals surface area contributed by atoms with Gasteiger partial charge in [-0.15, -0.1) is 0 Å². The molecular formula is C13H17BrO. The van der Waals surface area contributed by atoms with E-state index in [9.17, 15) is 5.11 Å². The molecule has 1 aliphatic carbocycles. The van der Waals surface area contributed by atoms with Crippen molar-refractivity contribution < 1.29 is 5.11 Å². The lowest BCUT2D eigenvalue weighted by atomic mass is 9.85. The molecule has 0 heterocycles. The summed E-state index contributed by atoms with van der Waals surface area (Å²) in [5.41, 5.74) is 1.28. The Kier molecular flexibility index (Phi) is 3.81. The molecule has 82 valence electrons. The van der Waals surface area contributed by atoms with Crippen LogP contribution in [0.25, 0.3) is 0 Å². The lowest BCUT2D eigenvalue weighted by Gasteiger charge is -2.21. The lowest BCUT2D eigenvalue weighted by molar-refractivity contribution is 0.226. The first-order chi connectivity index (χ1) is 7.31. The lowest BCUT2D eigenvalue weighted by Crippen LogP contribution is -2.13. The van der Waals surface area contributed by atoms with Crippen LogP contribution >= 0.6 is 15.9 Å². The third-order valence-electron chi connectivity index (χ3n) is 3.46. The van der Waals surface area contributed by atoms with E-state index < -0.39 is 0 Å². The normalized spacial score (nSPS) is 19.3. The van der Waals surface area contributed by atoms with Crippen molar-refractivity contribution in [1.29, 1.82) is 0 Å². The van der Waals surface area contributed by atoms with Crippen LogP contribution in [0.1, 0.15) is 37.2 Å². The van der Waals surface area contributed by atoms with Crippen molar-refractivity contribution in [2.24, 2.45) is 5.92 Å². The van der Waals surface area contributed by atoms with Crippen LogP contribution in [0, 0.1) is 5.92 Å². The largest absolute Gasteiger partial charge is 0.396 e. The zero-order valence-electron chi connectivity index (χ0n) is 8.82. The highest BCUT2D eigenvalue weighted by atomic mass is 79.9. The summed E-state index contributed by atoms with van der Waals surface area (Å²) in [6, 6.07) is 8.38. The van der Waals surface area contributed by atoms with Gasteiger partial charge in [0.25, 0.3) is 0 Å². The number of rotatable bonds is 3. The van der Waals surface area contributed by atoms with Crippen molar-refractivity contribution in [3.8, 4) is 0 Å². The summed E-state index contributed by atoms with van der Waals surface area (Å²) in [6.07, 6.45) is 5.22. The summed E-state index contributed by atoms with van der Waals surface area (Å²) in [5.74, 6) is 1.04. The van der Waals surface area contributed by atoms with Crippen LogP contribution in [0.15, 0.2) is 28.7 Å². The van der Waals surface area contributed by atoms with Crippen LogP contribution in [0.2, 0.25) is 0 Å². The second-order valence-electron chi connectivity index (χ2n) is 4.39. The standard InChI is InChI=1S/C13H17BrO/c14-12-7-5-11(6-8-12)13(9-15)10-3-1-2-4-10/h5-8,10,13,15H,1-4,9H2. The molecule has 15 heavy (non-hydrogen) atoms. The molecule has 1 aromatic carbocycles. The Morgan fingerprint density at radius 3 is 2.33 bits per heavy atom. The quantitative estimate of drug-likeness (QED) is 0.886. The molecule has 0 spiro atoms. The molecule has 0 aliphatic heterocycles. The van der Waals surface area contributed by atoms with E-state index in [2.05, 4.69) is 40.2 Å². The number of hydrogen-bond donors (Lipinski definition) is 1. The number of benzene rings is 1. The highest BCUT2D eigenvalue weighted by molar-refractivity contribution is 9.10. The molecule has 0 radical (unpaired) electrons. The number of aliphatic hydroxyl groups is 1. The van der Waals surface area contributed by atoms with E-state index in [1.54, 1.807) is 0 Å². The van der Waals surface area contributed by atoms with Crippen LogP contribution < -0.4 is 0 Å². The summed E-state index contributed by atoms with van der Waals surface area (Å²) >= 11 is 3.44. The Balaban J connectivity index is 2.14. The van der Waals surface area contributed by atoms with Gasteiger partial charge in [0, 0.05) is 10.4 Å². The van der Waals surface area contributed by atoms with Crippen LogP contribution in [-0.2, 0) is 0 Å². The van der Waals surface area contributed by atoms with Crippen molar-refractivity contribution in [1.82, 2.24) is 0 Å². The average molecular weight is 269 g/mol. The van der Waals surface area contributed by atoms with Gasteiger partial charge >= 0.3 is 0 Å². The van der Waals surface area contributed by atoms with E-state index in [0.29, 0.717) is 11.8 Å². The maximum absolute atomic E-state index is 9.50. The number of hydrogen-bond acceptors (Lipinski definition) is 1.